The van der Waals surface area contributed by atoms with Crippen LogP contribution in [0.3, 0.4) is 0 Å². The van der Waals surface area contributed by atoms with Crippen LogP contribution in [0.2, 0.25) is 0 Å². The van der Waals surface area contributed by atoms with Crippen LogP contribution in [-0.2, 0) is 13.2 Å². The number of hydrogen-bond acceptors (Lipinski definition) is 5. The first-order valence-corrected chi connectivity index (χ1v) is 10.9. The first-order valence-electron chi connectivity index (χ1n) is 10.9. The van der Waals surface area contributed by atoms with Crippen molar-refractivity contribution in [3.05, 3.63) is 47.9 Å². The Morgan fingerprint density at radius 2 is 1.85 bits per heavy atom. The summed E-state index contributed by atoms with van der Waals surface area (Å²) in [5.41, 5.74) is 2.03. The number of aryl methyl sites for hydroxylation is 1. The van der Waals surface area contributed by atoms with E-state index in [1.54, 1.807) is 18.5 Å². The molecule has 0 unspecified atom stereocenters. The molecule has 0 atom stereocenters. The summed E-state index contributed by atoms with van der Waals surface area (Å²) in [6.45, 7) is 3.24. The van der Waals surface area contributed by atoms with Gasteiger partial charge in [-0.3, -0.25) is 14.7 Å². The Morgan fingerprint density at radius 3 is 2.52 bits per heavy atom. The highest BCUT2D eigenvalue weighted by atomic mass is 19.4. The maximum Gasteiger partial charge on any atom is 0.433 e. The molecule has 0 saturated carbocycles. The minimum Gasteiger partial charge on any atom is -0.506 e. The van der Waals surface area contributed by atoms with Gasteiger partial charge in [-0.15, -0.1) is 0 Å². The fourth-order valence-electron chi connectivity index (χ4n) is 3.71. The van der Waals surface area contributed by atoms with Crippen LogP contribution in [0.5, 0.6) is 11.5 Å². The van der Waals surface area contributed by atoms with Gasteiger partial charge in [0, 0.05) is 36.1 Å². The first kappa shape index (κ1) is 22.8. The predicted molar refractivity (Wildman–Crippen MR) is 120 cm³/mol. The minimum absolute atomic E-state index is 0.0220. The second kappa shape index (κ2) is 9.25. The molecule has 0 radical (unpaired) electrons. The standard InChI is InChI=1S/C24H25F3N4O2/c1-3-4-5-6-9-33-20-8-7-17(18-11-21(24(25,26)27)31(2)30-18)23(32)22(20)16-10-15(12-28-13-16)19-14-29-19/h7-8,10-13,32H,3-6,9,14H2,1-2H3. The van der Waals surface area contributed by atoms with Crippen molar-refractivity contribution in [2.45, 2.75) is 38.8 Å². The van der Waals surface area contributed by atoms with Crippen LogP contribution < -0.4 is 4.74 Å². The molecule has 2 aromatic heterocycles. The second-order valence-electron chi connectivity index (χ2n) is 8.01. The molecule has 1 N–H and O–H groups in total. The number of benzene rings is 1. The molecule has 1 aliphatic heterocycles. The van der Waals surface area contributed by atoms with E-state index in [9.17, 15) is 18.3 Å². The van der Waals surface area contributed by atoms with Crippen LogP contribution in [0.25, 0.3) is 22.4 Å². The highest BCUT2D eigenvalue weighted by Gasteiger charge is 2.35. The summed E-state index contributed by atoms with van der Waals surface area (Å²) in [5, 5.41) is 15.2. The normalized spacial score (nSPS) is 13.2. The summed E-state index contributed by atoms with van der Waals surface area (Å²) < 4.78 is 46.6. The fourth-order valence-corrected chi connectivity index (χ4v) is 3.71. The quantitative estimate of drug-likeness (QED) is 0.422. The van der Waals surface area contributed by atoms with Crippen LogP contribution in [0, 0.1) is 0 Å². The number of phenols is 1. The van der Waals surface area contributed by atoms with Crippen LogP contribution in [0.15, 0.2) is 41.7 Å². The van der Waals surface area contributed by atoms with Crippen molar-refractivity contribution in [2.24, 2.45) is 12.0 Å². The molecule has 1 aromatic carbocycles. The number of alkyl halides is 3. The third-order valence-electron chi connectivity index (χ3n) is 5.52. The molecule has 0 spiro atoms. The average molecular weight is 458 g/mol. The lowest BCUT2D eigenvalue weighted by atomic mass is 9.98. The zero-order valence-electron chi connectivity index (χ0n) is 18.5. The Hall–Kier alpha value is -3.36. The van der Waals surface area contributed by atoms with E-state index in [4.69, 9.17) is 4.74 Å². The van der Waals surface area contributed by atoms with Crippen LogP contribution in [0.1, 0.15) is 43.9 Å². The van der Waals surface area contributed by atoms with E-state index in [0.29, 0.717) is 30.0 Å². The number of pyridine rings is 1. The average Bonchev–Trinajstić information content (AvgIpc) is 3.55. The van der Waals surface area contributed by atoms with Crippen LogP contribution in [0.4, 0.5) is 13.2 Å². The Bertz CT molecular complexity index is 1180. The summed E-state index contributed by atoms with van der Waals surface area (Å²) >= 11 is 0. The molecule has 0 fully saturated rings. The number of ether oxygens (including phenoxy) is 1. The van der Waals surface area contributed by atoms with Crippen molar-refractivity contribution in [3.8, 4) is 33.9 Å². The summed E-state index contributed by atoms with van der Waals surface area (Å²) in [6.07, 6.45) is 2.83. The van der Waals surface area contributed by atoms with Crippen molar-refractivity contribution in [1.82, 2.24) is 14.8 Å². The highest BCUT2D eigenvalue weighted by molar-refractivity contribution is 6.10. The molecule has 0 amide bonds. The molecule has 9 heteroatoms. The third-order valence-corrected chi connectivity index (χ3v) is 5.52. The van der Waals surface area contributed by atoms with E-state index in [-0.39, 0.29) is 17.0 Å². The van der Waals surface area contributed by atoms with Gasteiger partial charge < -0.3 is 9.84 Å². The van der Waals surface area contributed by atoms with E-state index >= 15 is 0 Å². The molecule has 33 heavy (non-hydrogen) atoms. The van der Waals surface area contributed by atoms with Gasteiger partial charge >= 0.3 is 6.18 Å². The van der Waals surface area contributed by atoms with Crippen molar-refractivity contribution in [2.75, 3.05) is 13.2 Å². The zero-order valence-corrected chi connectivity index (χ0v) is 18.5. The van der Waals surface area contributed by atoms with E-state index in [1.807, 2.05) is 6.07 Å². The molecule has 3 heterocycles. The fraction of sp³-hybridized carbons (Fsp3) is 0.375. The number of halogens is 3. The van der Waals surface area contributed by atoms with E-state index in [1.165, 1.54) is 13.1 Å². The van der Waals surface area contributed by atoms with Gasteiger partial charge in [-0.25, -0.2) is 0 Å². The zero-order chi connectivity index (χ0) is 23.6. The number of aromatic nitrogens is 3. The lowest BCUT2D eigenvalue weighted by molar-refractivity contribution is -0.143. The van der Waals surface area contributed by atoms with Crippen molar-refractivity contribution in [3.63, 3.8) is 0 Å². The highest BCUT2D eigenvalue weighted by Crippen LogP contribution is 2.45. The smallest absolute Gasteiger partial charge is 0.433 e. The molecular formula is C24H25F3N4O2. The van der Waals surface area contributed by atoms with Crippen LogP contribution in [-0.4, -0.2) is 38.7 Å². The predicted octanol–water partition coefficient (Wildman–Crippen LogP) is 5.64. The van der Waals surface area contributed by atoms with E-state index in [0.717, 1.165) is 47.7 Å². The molecule has 3 aromatic rings. The van der Waals surface area contributed by atoms with Crippen molar-refractivity contribution < 1.29 is 23.0 Å². The van der Waals surface area contributed by atoms with Gasteiger partial charge in [-0.05, 0) is 30.7 Å². The van der Waals surface area contributed by atoms with Gasteiger partial charge in [-0.1, -0.05) is 26.2 Å². The minimum atomic E-state index is -4.55. The summed E-state index contributed by atoms with van der Waals surface area (Å²) in [6, 6.07) is 5.97. The largest absolute Gasteiger partial charge is 0.506 e. The maximum absolute atomic E-state index is 13.3. The number of phenolic OH excluding ortho intramolecular Hbond substituents is 1. The second-order valence-corrected chi connectivity index (χ2v) is 8.01. The lowest BCUT2D eigenvalue weighted by Gasteiger charge is -2.16. The van der Waals surface area contributed by atoms with Gasteiger partial charge in [0.15, 0.2) is 0 Å². The summed E-state index contributed by atoms with van der Waals surface area (Å²) in [5.74, 6) is 0.237. The van der Waals surface area contributed by atoms with E-state index in [2.05, 4.69) is 22.0 Å². The summed E-state index contributed by atoms with van der Waals surface area (Å²) in [7, 11) is 1.22. The third kappa shape index (κ3) is 5.02. The Kier molecular flexibility index (Phi) is 6.40. The van der Waals surface area contributed by atoms with Crippen molar-refractivity contribution in [1.29, 1.82) is 0 Å². The number of aromatic hydroxyl groups is 1. The summed E-state index contributed by atoms with van der Waals surface area (Å²) in [4.78, 5) is 8.46. The molecule has 6 nitrogen and oxygen atoms in total. The first-order chi connectivity index (χ1) is 15.8. The number of nitrogens with zero attached hydrogens (tertiary/aromatic N) is 4. The van der Waals surface area contributed by atoms with Crippen LogP contribution >= 0.6 is 0 Å². The van der Waals surface area contributed by atoms with Gasteiger partial charge in [0.25, 0.3) is 0 Å². The van der Waals surface area contributed by atoms with Gasteiger partial charge in [0.05, 0.1) is 30.1 Å². The molecule has 174 valence electrons. The van der Waals surface area contributed by atoms with Crippen molar-refractivity contribution >= 4 is 5.71 Å². The maximum atomic E-state index is 13.3. The Labute approximate surface area is 189 Å². The molecule has 4 rings (SSSR count). The molecule has 0 aliphatic carbocycles. The molecule has 0 saturated heterocycles. The molecule has 0 bridgehead atoms. The molecule has 1 aliphatic rings. The van der Waals surface area contributed by atoms with Gasteiger partial charge in [-0.2, -0.15) is 18.3 Å². The van der Waals surface area contributed by atoms with Gasteiger partial charge in [0.2, 0.25) is 0 Å². The number of hydrogen-bond donors (Lipinski definition) is 1. The number of unbranched alkanes of at least 4 members (excludes halogenated alkanes) is 3. The SMILES string of the molecule is CCCCCCOc1ccc(-c2cc(C(F)(F)F)n(C)n2)c(O)c1-c1cncc(C2=NC2)c1. The number of rotatable bonds is 9. The topological polar surface area (TPSA) is 72.5 Å². The Balaban J connectivity index is 1.75. The van der Waals surface area contributed by atoms with Gasteiger partial charge in [0.1, 0.15) is 17.2 Å². The Morgan fingerprint density at radius 1 is 1.09 bits per heavy atom. The monoisotopic (exact) mass is 458 g/mol. The van der Waals surface area contributed by atoms with E-state index < -0.39 is 11.9 Å². The lowest BCUT2D eigenvalue weighted by Crippen LogP contribution is -2.11. The molecular weight excluding hydrogens is 433 g/mol. The number of aliphatic imine (C=N–C) groups is 1.